The molecule has 0 spiro atoms. The summed E-state index contributed by atoms with van der Waals surface area (Å²) < 4.78 is 5.23. The quantitative estimate of drug-likeness (QED) is 0.912. The van der Waals surface area contributed by atoms with Gasteiger partial charge in [0.2, 0.25) is 5.88 Å². The molecule has 1 N–H and O–H groups in total. The number of hydrogen-bond acceptors (Lipinski definition) is 3. The number of ether oxygens (including phenoxy) is 1. The minimum Gasteiger partial charge on any atom is -0.468 e. The normalized spacial score (nSPS) is 9.95. The van der Waals surface area contributed by atoms with Crippen LogP contribution in [0.4, 0.5) is 0 Å². The number of rotatable bonds is 5. The maximum atomic E-state index is 11.6. The SMILES string of the molecule is O=C(COc1ccccn1)NCc1cccc(Cl)c1. The molecule has 0 aliphatic rings. The molecule has 1 aromatic heterocycles. The maximum Gasteiger partial charge on any atom is 0.258 e. The van der Waals surface area contributed by atoms with E-state index in [1.54, 1.807) is 36.5 Å². The number of nitrogens with one attached hydrogen (secondary N) is 1. The van der Waals surface area contributed by atoms with Gasteiger partial charge in [0, 0.05) is 23.8 Å². The van der Waals surface area contributed by atoms with Crippen molar-refractivity contribution in [3.8, 4) is 5.88 Å². The summed E-state index contributed by atoms with van der Waals surface area (Å²) in [6.45, 7) is 0.364. The molecule has 1 aromatic carbocycles. The predicted molar refractivity (Wildman–Crippen MR) is 73.0 cm³/mol. The summed E-state index contributed by atoms with van der Waals surface area (Å²) in [6, 6.07) is 12.6. The van der Waals surface area contributed by atoms with Crippen molar-refractivity contribution in [1.29, 1.82) is 0 Å². The van der Waals surface area contributed by atoms with Gasteiger partial charge in [0.25, 0.3) is 5.91 Å². The summed E-state index contributed by atoms with van der Waals surface area (Å²) >= 11 is 5.86. The third kappa shape index (κ3) is 4.60. The van der Waals surface area contributed by atoms with Gasteiger partial charge < -0.3 is 10.1 Å². The third-order valence-electron chi connectivity index (χ3n) is 2.37. The second kappa shape index (κ2) is 6.75. The first-order valence-corrected chi connectivity index (χ1v) is 6.17. The summed E-state index contributed by atoms with van der Waals surface area (Å²) in [4.78, 5) is 15.5. The fourth-order valence-corrected chi connectivity index (χ4v) is 1.68. The molecule has 1 heterocycles. The first-order valence-electron chi connectivity index (χ1n) is 5.79. The zero-order chi connectivity index (χ0) is 13.5. The lowest BCUT2D eigenvalue weighted by atomic mass is 10.2. The summed E-state index contributed by atoms with van der Waals surface area (Å²) in [5, 5.41) is 3.40. The number of amides is 1. The van der Waals surface area contributed by atoms with Crippen LogP contribution in [0, 0.1) is 0 Å². The predicted octanol–water partition coefficient (Wildman–Crippen LogP) is 2.43. The van der Waals surface area contributed by atoms with E-state index in [0.717, 1.165) is 5.56 Å². The van der Waals surface area contributed by atoms with Gasteiger partial charge in [-0.05, 0) is 23.8 Å². The van der Waals surface area contributed by atoms with Gasteiger partial charge >= 0.3 is 0 Å². The number of benzene rings is 1. The maximum absolute atomic E-state index is 11.6. The molecule has 5 heteroatoms. The van der Waals surface area contributed by atoms with Crippen molar-refractivity contribution in [3.05, 3.63) is 59.2 Å². The highest BCUT2D eigenvalue weighted by molar-refractivity contribution is 6.30. The Morgan fingerprint density at radius 2 is 2.16 bits per heavy atom. The minimum absolute atomic E-state index is 0.0580. The van der Waals surface area contributed by atoms with Gasteiger partial charge in [-0.2, -0.15) is 0 Å². The van der Waals surface area contributed by atoms with E-state index in [1.807, 2.05) is 12.1 Å². The van der Waals surface area contributed by atoms with Crippen molar-refractivity contribution in [2.75, 3.05) is 6.61 Å². The Bertz CT molecular complexity index is 546. The molecular weight excluding hydrogens is 264 g/mol. The molecule has 98 valence electrons. The van der Waals surface area contributed by atoms with Gasteiger partial charge in [-0.3, -0.25) is 4.79 Å². The molecular formula is C14H13ClN2O2. The van der Waals surface area contributed by atoms with Crippen LogP contribution in [0.25, 0.3) is 0 Å². The van der Waals surface area contributed by atoms with E-state index in [9.17, 15) is 4.79 Å². The Kier molecular flexibility index (Phi) is 4.75. The summed E-state index contributed by atoms with van der Waals surface area (Å²) in [6.07, 6.45) is 1.61. The highest BCUT2D eigenvalue weighted by Crippen LogP contribution is 2.10. The van der Waals surface area contributed by atoms with E-state index in [1.165, 1.54) is 0 Å². The van der Waals surface area contributed by atoms with Crippen LogP contribution in [0.2, 0.25) is 5.02 Å². The van der Waals surface area contributed by atoms with Gasteiger partial charge in [-0.25, -0.2) is 4.98 Å². The van der Waals surface area contributed by atoms with E-state index < -0.39 is 0 Å². The van der Waals surface area contributed by atoms with Crippen molar-refractivity contribution in [2.45, 2.75) is 6.54 Å². The molecule has 0 unspecified atom stereocenters. The van der Waals surface area contributed by atoms with Gasteiger partial charge in [0.1, 0.15) is 0 Å². The fraction of sp³-hybridized carbons (Fsp3) is 0.143. The molecule has 4 nitrogen and oxygen atoms in total. The van der Waals surface area contributed by atoms with Gasteiger partial charge in [-0.15, -0.1) is 0 Å². The van der Waals surface area contributed by atoms with Crippen LogP contribution >= 0.6 is 11.6 Å². The van der Waals surface area contributed by atoms with E-state index in [-0.39, 0.29) is 12.5 Å². The number of carbonyl (C=O) groups excluding carboxylic acids is 1. The van der Waals surface area contributed by atoms with Crippen LogP contribution in [0.3, 0.4) is 0 Å². The van der Waals surface area contributed by atoms with Crippen molar-refractivity contribution in [3.63, 3.8) is 0 Å². The Labute approximate surface area is 116 Å². The number of hydrogen-bond donors (Lipinski definition) is 1. The average molecular weight is 277 g/mol. The fourth-order valence-electron chi connectivity index (χ4n) is 1.47. The van der Waals surface area contributed by atoms with Gasteiger partial charge in [0.05, 0.1) is 0 Å². The lowest BCUT2D eigenvalue weighted by molar-refractivity contribution is -0.123. The second-order valence-corrected chi connectivity index (χ2v) is 4.30. The Morgan fingerprint density at radius 3 is 2.89 bits per heavy atom. The second-order valence-electron chi connectivity index (χ2n) is 3.86. The minimum atomic E-state index is -0.203. The molecule has 0 bridgehead atoms. The number of pyridine rings is 1. The monoisotopic (exact) mass is 276 g/mol. The number of halogens is 1. The molecule has 0 aliphatic heterocycles. The molecule has 2 aromatic rings. The smallest absolute Gasteiger partial charge is 0.258 e. The largest absolute Gasteiger partial charge is 0.468 e. The molecule has 0 atom stereocenters. The summed E-state index contributed by atoms with van der Waals surface area (Å²) in [5.41, 5.74) is 0.943. The molecule has 0 aliphatic carbocycles. The Hall–Kier alpha value is -2.07. The first kappa shape index (κ1) is 13.4. The van der Waals surface area contributed by atoms with Crippen molar-refractivity contribution in [1.82, 2.24) is 10.3 Å². The van der Waals surface area contributed by atoms with Crippen LogP contribution in [0.1, 0.15) is 5.56 Å². The van der Waals surface area contributed by atoms with Crippen LogP contribution in [0.15, 0.2) is 48.7 Å². The standard InChI is InChI=1S/C14H13ClN2O2/c15-12-5-3-4-11(8-12)9-17-13(18)10-19-14-6-1-2-7-16-14/h1-8H,9-10H2,(H,17,18). The topological polar surface area (TPSA) is 51.2 Å². The molecule has 0 radical (unpaired) electrons. The first-order chi connectivity index (χ1) is 9.24. The van der Waals surface area contributed by atoms with E-state index in [0.29, 0.717) is 17.4 Å². The molecule has 2 rings (SSSR count). The van der Waals surface area contributed by atoms with Gasteiger partial charge in [-0.1, -0.05) is 29.8 Å². The molecule has 19 heavy (non-hydrogen) atoms. The summed E-state index contributed by atoms with van der Waals surface area (Å²) in [5.74, 6) is 0.228. The zero-order valence-electron chi connectivity index (χ0n) is 10.2. The molecule has 0 fully saturated rings. The van der Waals surface area contributed by atoms with Crippen LogP contribution < -0.4 is 10.1 Å². The number of nitrogens with zero attached hydrogens (tertiary/aromatic N) is 1. The lowest BCUT2D eigenvalue weighted by Crippen LogP contribution is -2.28. The van der Waals surface area contributed by atoms with E-state index in [4.69, 9.17) is 16.3 Å². The van der Waals surface area contributed by atoms with Crippen LogP contribution in [-0.4, -0.2) is 17.5 Å². The third-order valence-corrected chi connectivity index (χ3v) is 2.60. The highest BCUT2D eigenvalue weighted by atomic mass is 35.5. The summed E-state index contributed by atoms with van der Waals surface area (Å²) in [7, 11) is 0. The highest BCUT2D eigenvalue weighted by Gasteiger charge is 2.03. The van der Waals surface area contributed by atoms with Crippen molar-refractivity contribution < 1.29 is 9.53 Å². The lowest BCUT2D eigenvalue weighted by Gasteiger charge is -2.07. The van der Waals surface area contributed by atoms with E-state index in [2.05, 4.69) is 10.3 Å². The average Bonchev–Trinajstić information content (AvgIpc) is 2.44. The van der Waals surface area contributed by atoms with Gasteiger partial charge in [0.15, 0.2) is 6.61 Å². The Morgan fingerprint density at radius 1 is 1.26 bits per heavy atom. The van der Waals surface area contributed by atoms with Crippen molar-refractivity contribution >= 4 is 17.5 Å². The molecule has 1 amide bonds. The van der Waals surface area contributed by atoms with Crippen LogP contribution in [-0.2, 0) is 11.3 Å². The van der Waals surface area contributed by atoms with E-state index >= 15 is 0 Å². The molecule has 0 saturated carbocycles. The van der Waals surface area contributed by atoms with Crippen molar-refractivity contribution in [2.24, 2.45) is 0 Å². The van der Waals surface area contributed by atoms with Crippen LogP contribution in [0.5, 0.6) is 5.88 Å². The number of aromatic nitrogens is 1. The zero-order valence-corrected chi connectivity index (χ0v) is 10.9. The Balaban J connectivity index is 1.76. The molecule has 0 saturated heterocycles. The number of carbonyl (C=O) groups is 1.